The van der Waals surface area contributed by atoms with Gasteiger partial charge in [0, 0.05) is 6.07 Å². The molecule has 0 radical (unpaired) electrons. The molecule has 0 bridgehead atoms. The van der Waals surface area contributed by atoms with Crippen LogP contribution in [0.5, 0.6) is 11.5 Å². The van der Waals surface area contributed by atoms with Crippen molar-refractivity contribution in [1.82, 2.24) is 10.2 Å². The summed E-state index contributed by atoms with van der Waals surface area (Å²) in [5.74, 6) is 1.83. The lowest BCUT2D eigenvalue weighted by atomic mass is 10.3. The largest absolute Gasteiger partial charge is 0.497 e. The summed E-state index contributed by atoms with van der Waals surface area (Å²) >= 11 is 4.74. The number of nitrogens with zero attached hydrogens (tertiary/aromatic N) is 1. The van der Waals surface area contributed by atoms with E-state index in [4.69, 9.17) is 26.1 Å². The second kappa shape index (κ2) is 4.80. The summed E-state index contributed by atoms with van der Waals surface area (Å²) in [5, 5.41) is 6.34. The number of ether oxygens (including phenoxy) is 2. The van der Waals surface area contributed by atoms with Gasteiger partial charge in [-0.2, -0.15) is 0 Å². The molecule has 0 saturated heterocycles. The number of hydrogen-bond donors (Lipinski definition) is 1. The van der Waals surface area contributed by atoms with Crippen LogP contribution in [0.3, 0.4) is 0 Å². The fourth-order valence-electron chi connectivity index (χ4n) is 1.16. The Morgan fingerprint density at radius 3 is 2.94 bits per heavy atom. The Kier molecular flexibility index (Phi) is 3.21. The van der Waals surface area contributed by atoms with E-state index in [9.17, 15) is 0 Å². The lowest BCUT2D eigenvalue weighted by molar-refractivity contribution is 0.260. The summed E-state index contributed by atoms with van der Waals surface area (Å²) in [6, 6.07) is 7.28. The fourth-order valence-corrected chi connectivity index (χ4v) is 1.30. The van der Waals surface area contributed by atoms with Gasteiger partial charge in [-0.15, -0.1) is 5.10 Å². The van der Waals surface area contributed by atoms with Gasteiger partial charge in [0.2, 0.25) is 0 Å². The first-order valence-corrected chi connectivity index (χ1v) is 5.00. The van der Waals surface area contributed by atoms with Crippen molar-refractivity contribution in [3.63, 3.8) is 0 Å². The molecular weight excluding hydrogens is 228 g/mol. The predicted molar refractivity (Wildman–Crippen MR) is 59.0 cm³/mol. The van der Waals surface area contributed by atoms with Crippen LogP contribution in [-0.4, -0.2) is 17.3 Å². The van der Waals surface area contributed by atoms with Crippen LogP contribution in [0.1, 0.15) is 5.89 Å². The van der Waals surface area contributed by atoms with E-state index in [1.807, 2.05) is 18.2 Å². The highest BCUT2D eigenvalue weighted by molar-refractivity contribution is 7.71. The molecule has 1 heterocycles. The maximum atomic E-state index is 5.45. The molecule has 0 saturated carbocycles. The standard InChI is InChI=1S/C10H10N2O3S/c1-13-7-3-2-4-8(5-7)14-6-9-11-12-10(16)15-9/h2-5H,6H2,1H3,(H,12,16). The van der Waals surface area contributed by atoms with Gasteiger partial charge in [-0.1, -0.05) is 6.07 Å². The number of nitrogens with one attached hydrogen (secondary N) is 1. The number of methoxy groups -OCH3 is 1. The third-order valence-electron chi connectivity index (χ3n) is 1.89. The molecule has 0 aliphatic rings. The van der Waals surface area contributed by atoms with Crippen LogP contribution < -0.4 is 9.47 Å². The molecule has 0 aliphatic heterocycles. The van der Waals surface area contributed by atoms with Crippen molar-refractivity contribution in [3.05, 3.63) is 35.0 Å². The average molecular weight is 238 g/mol. The minimum Gasteiger partial charge on any atom is -0.497 e. The van der Waals surface area contributed by atoms with Gasteiger partial charge in [0.15, 0.2) is 6.61 Å². The van der Waals surface area contributed by atoms with Crippen LogP contribution in [-0.2, 0) is 6.61 Å². The van der Waals surface area contributed by atoms with Crippen molar-refractivity contribution in [2.75, 3.05) is 7.11 Å². The van der Waals surface area contributed by atoms with Crippen molar-refractivity contribution >= 4 is 12.2 Å². The smallest absolute Gasteiger partial charge is 0.284 e. The Hall–Kier alpha value is -1.82. The molecule has 5 nitrogen and oxygen atoms in total. The van der Waals surface area contributed by atoms with Crippen molar-refractivity contribution < 1.29 is 13.9 Å². The predicted octanol–water partition coefficient (Wildman–Crippen LogP) is 2.32. The van der Waals surface area contributed by atoms with E-state index >= 15 is 0 Å². The average Bonchev–Trinajstić information content (AvgIpc) is 2.73. The summed E-state index contributed by atoms with van der Waals surface area (Å²) < 4.78 is 15.6. The van der Waals surface area contributed by atoms with E-state index in [1.165, 1.54) is 0 Å². The fraction of sp³-hybridized carbons (Fsp3) is 0.200. The number of benzene rings is 1. The molecule has 16 heavy (non-hydrogen) atoms. The van der Waals surface area contributed by atoms with Gasteiger partial charge in [0.25, 0.3) is 10.7 Å². The monoisotopic (exact) mass is 238 g/mol. The van der Waals surface area contributed by atoms with Crippen LogP contribution in [0.2, 0.25) is 0 Å². The molecule has 0 fully saturated rings. The number of rotatable bonds is 4. The molecule has 0 spiro atoms. The minimum absolute atomic E-state index is 0.223. The molecule has 84 valence electrons. The zero-order valence-corrected chi connectivity index (χ0v) is 9.41. The van der Waals surface area contributed by atoms with Gasteiger partial charge in [0.05, 0.1) is 7.11 Å². The van der Waals surface area contributed by atoms with Crippen molar-refractivity contribution in [3.8, 4) is 11.5 Å². The highest BCUT2D eigenvalue weighted by Crippen LogP contribution is 2.19. The third kappa shape index (κ3) is 2.60. The Balaban J connectivity index is 2.01. The van der Waals surface area contributed by atoms with E-state index < -0.39 is 0 Å². The van der Waals surface area contributed by atoms with Gasteiger partial charge in [-0.25, -0.2) is 5.10 Å². The molecule has 0 aliphatic carbocycles. The minimum atomic E-state index is 0.223. The highest BCUT2D eigenvalue weighted by Gasteiger charge is 2.01. The molecule has 0 amide bonds. The summed E-state index contributed by atoms with van der Waals surface area (Å²) in [7, 11) is 1.60. The molecule has 1 N–H and O–H groups in total. The Bertz CT molecular complexity index is 521. The third-order valence-corrected chi connectivity index (χ3v) is 2.06. The summed E-state index contributed by atoms with van der Waals surface area (Å²) in [6.07, 6.45) is 0. The molecule has 1 aromatic carbocycles. The molecule has 0 unspecified atom stereocenters. The summed E-state index contributed by atoms with van der Waals surface area (Å²) in [4.78, 5) is 0.240. The number of H-pyrrole nitrogens is 1. The second-order valence-electron chi connectivity index (χ2n) is 2.97. The van der Waals surface area contributed by atoms with Crippen LogP contribution in [0.25, 0.3) is 0 Å². The first kappa shape index (κ1) is 10.7. The van der Waals surface area contributed by atoms with Gasteiger partial charge in [0.1, 0.15) is 11.5 Å². The van der Waals surface area contributed by atoms with Gasteiger partial charge < -0.3 is 13.9 Å². The molecular formula is C10H10N2O3S. The molecule has 0 atom stereocenters. The van der Waals surface area contributed by atoms with Crippen molar-refractivity contribution in [1.29, 1.82) is 0 Å². The van der Waals surface area contributed by atoms with Crippen molar-refractivity contribution in [2.24, 2.45) is 0 Å². The van der Waals surface area contributed by atoms with Crippen LogP contribution in [0, 0.1) is 4.84 Å². The first-order valence-electron chi connectivity index (χ1n) is 4.59. The quantitative estimate of drug-likeness (QED) is 0.828. The zero-order valence-electron chi connectivity index (χ0n) is 8.60. The Morgan fingerprint density at radius 1 is 1.44 bits per heavy atom. The molecule has 1 aromatic heterocycles. The van der Waals surface area contributed by atoms with E-state index in [-0.39, 0.29) is 11.4 Å². The summed E-state index contributed by atoms with van der Waals surface area (Å²) in [5.41, 5.74) is 0. The van der Waals surface area contributed by atoms with E-state index in [0.717, 1.165) is 5.75 Å². The number of aromatic nitrogens is 2. The van der Waals surface area contributed by atoms with E-state index in [1.54, 1.807) is 13.2 Å². The van der Waals surface area contributed by atoms with E-state index in [0.29, 0.717) is 11.6 Å². The lowest BCUT2D eigenvalue weighted by Crippen LogP contribution is -1.96. The molecule has 2 rings (SSSR count). The topological polar surface area (TPSA) is 60.3 Å². The number of aromatic amines is 1. The second-order valence-corrected chi connectivity index (χ2v) is 3.35. The Labute approximate surface area is 97.0 Å². The lowest BCUT2D eigenvalue weighted by Gasteiger charge is -2.04. The normalized spacial score (nSPS) is 10.1. The summed E-state index contributed by atoms with van der Waals surface area (Å²) in [6.45, 7) is 0.223. The van der Waals surface area contributed by atoms with Crippen LogP contribution in [0.15, 0.2) is 28.7 Å². The maximum Gasteiger partial charge on any atom is 0.284 e. The molecule has 6 heteroatoms. The van der Waals surface area contributed by atoms with Crippen molar-refractivity contribution in [2.45, 2.75) is 6.61 Å². The van der Waals surface area contributed by atoms with E-state index in [2.05, 4.69) is 10.2 Å². The maximum absolute atomic E-state index is 5.45. The van der Waals surface area contributed by atoms with Gasteiger partial charge >= 0.3 is 0 Å². The SMILES string of the molecule is COc1cccc(OCc2n[nH]c(=S)o2)c1. The van der Waals surface area contributed by atoms with Crippen LogP contribution in [0.4, 0.5) is 0 Å². The molecule has 2 aromatic rings. The first-order chi connectivity index (χ1) is 7.78. The zero-order chi connectivity index (χ0) is 11.4. The Morgan fingerprint density at radius 2 is 2.25 bits per heavy atom. The highest BCUT2D eigenvalue weighted by atomic mass is 32.1. The van der Waals surface area contributed by atoms with Gasteiger partial charge in [-0.05, 0) is 24.4 Å². The number of hydrogen-bond acceptors (Lipinski definition) is 5. The van der Waals surface area contributed by atoms with Crippen LogP contribution >= 0.6 is 12.2 Å². The van der Waals surface area contributed by atoms with Gasteiger partial charge in [-0.3, -0.25) is 0 Å².